The number of thioether (sulfide) groups is 2. The average molecular weight is 387 g/mol. The van der Waals surface area contributed by atoms with Crippen LogP contribution < -0.4 is 0 Å². The molecule has 3 N–H and O–H groups in total. The van der Waals surface area contributed by atoms with Crippen LogP contribution in [0.15, 0.2) is 15.8 Å². The van der Waals surface area contributed by atoms with Crippen molar-refractivity contribution >= 4 is 41.4 Å². The number of hydrogen-bond acceptors (Lipinski definition) is 9. The number of carboxylic acids is 2. The van der Waals surface area contributed by atoms with Gasteiger partial charge in [0.15, 0.2) is 0 Å². The summed E-state index contributed by atoms with van der Waals surface area (Å²) in [6, 6.07) is 0. The normalized spacial score (nSPS) is 23.4. The molecule has 2 aliphatic rings. The summed E-state index contributed by atoms with van der Waals surface area (Å²) in [4.78, 5) is 36.0. The number of aliphatic hydroxyl groups excluding tert-OH is 1. The van der Waals surface area contributed by atoms with Crippen molar-refractivity contribution < 1.29 is 29.7 Å². The second-order valence-electron chi connectivity index (χ2n) is 5.36. The Balaban J connectivity index is 1.76. The molecule has 3 atom stereocenters. The van der Waals surface area contributed by atoms with Crippen molar-refractivity contribution in [1.29, 1.82) is 0 Å². The molecule has 1 aromatic rings. The number of aliphatic hydroxyl groups is 1. The molecule has 1 saturated heterocycles. The number of carbonyl (C=O) groups is 3. The Labute approximate surface area is 149 Å². The fourth-order valence-electron chi connectivity index (χ4n) is 2.61. The van der Waals surface area contributed by atoms with E-state index in [1.54, 1.807) is 0 Å². The van der Waals surface area contributed by atoms with Crippen molar-refractivity contribution in [3.05, 3.63) is 10.6 Å². The number of aliphatic carboxylic acids is 2. The maximum absolute atomic E-state index is 12.1. The molecule has 1 amide bonds. The van der Waals surface area contributed by atoms with Crippen molar-refractivity contribution in [2.45, 2.75) is 30.1 Å². The molecule has 0 radical (unpaired) electrons. The number of hydrogen-bond donors (Lipinski definition) is 3. The number of carbonyl (C=O) groups excluding carboxylic acids is 1. The van der Waals surface area contributed by atoms with Crippen LogP contribution in [0.2, 0.25) is 0 Å². The first kappa shape index (κ1) is 17.7. The molecule has 0 saturated carbocycles. The van der Waals surface area contributed by atoms with Crippen LogP contribution in [0.1, 0.15) is 6.92 Å². The number of amides is 1. The minimum absolute atomic E-state index is 0.110. The molecule has 3 rings (SSSR count). The molecule has 0 spiro atoms. The Bertz CT molecular complexity index is 778. The third-order valence-electron chi connectivity index (χ3n) is 3.69. The molecule has 1 fully saturated rings. The highest BCUT2D eigenvalue weighted by Crippen LogP contribution is 2.51. The Morgan fingerprint density at radius 1 is 1.40 bits per heavy atom. The zero-order chi connectivity index (χ0) is 18.3. The number of nitrogens with zero attached hydrogens (tertiary/aromatic N) is 5. The molecule has 1 unspecified atom stereocenters. The highest BCUT2D eigenvalue weighted by Gasteiger charge is 2.57. The fourth-order valence-corrected chi connectivity index (χ4v) is 5.20. The largest absolute Gasteiger partial charge is 0.480 e. The number of carboxylic acid groups (broad SMARTS) is 2. The fraction of sp³-hybridized carbons (Fsp3) is 0.500. The molecular formula is C12H13N5O6S2. The van der Waals surface area contributed by atoms with Crippen molar-refractivity contribution in [3.63, 3.8) is 0 Å². The Hall–Kier alpha value is -2.12. The van der Waals surface area contributed by atoms with E-state index in [9.17, 15) is 24.6 Å². The van der Waals surface area contributed by atoms with E-state index < -0.39 is 41.8 Å². The van der Waals surface area contributed by atoms with E-state index in [1.165, 1.54) is 23.6 Å². The SMILES string of the molecule is CC(O)[C@H]1C(=O)N2C(C(=O)O)=C(CSc3nnnn3CC(=O)O)S[C@H]12. The summed E-state index contributed by atoms with van der Waals surface area (Å²) in [5.41, 5.74) is -0.110. The highest BCUT2D eigenvalue weighted by atomic mass is 32.2. The molecule has 1 aromatic heterocycles. The number of β-lactam (4-membered cyclic amide) rings is 1. The van der Waals surface area contributed by atoms with E-state index in [-0.39, 0.29) is 16.6 Å². The number of fused-ring (bicyclic) bond motifs is 1. The van der Waals surface area contributed by atoms with Crippen LogP contribution in [0.5, 0.6) is 0 Å². The van der Waals surface area contributed by atoms with Crippen LogP contribution in [0.3, 0.4) is 0 Å². The summed E-state index contributed by atoms with van der Waals surface area (Å²) in [5.74, 6) is -3.23. The topological polar surface area (TPSA) is 159 Å². The van der Waals surface area contributed by atoms with Gasteiger partial charge in [0.05, 0.1) is 12.0 Å². The van der Waals surface area contributed by atoms with E-state index in [4.69, 9.17) is 5.11 Å². The van der Waals surface area contributed by atoms with Gasteiger partial charge in [-0.15, -0.1) is 16.9 Å². The quantitative estimate of drug-likeness (QED) is 0.391. The molecular weight excluding hydrogens is 374 g/mol. The molecule has 0 aromatic carbocycles. The Kier molecular flexibility index (Phi) is 4.71. The van der Waals surface area contributed by atoms with Gasteiger partial charge in [-0.1, -0.05) is 11.8 Å². The van der Waals surface area contributed by atoms with Crippen LogP contribution in [0.25, 0.3) is 0 Å². The van der Waals surface area contributed by atoms with Crippen molar-refractivity contribution in [2.75, 3.05) is 5.75 Å². The van der Waals surface area contributed by atoms with Crippen LogP contribution in [0, 0.1) is 5.92 Å². The van der Waals surface area contributed by atoms with E-state index in [1.807, 2.05) is 0 Å². The van der Waals surface area contributed by atoms with Gasteiger partial charge >= 0.3 is 11.9 Å². The summed E-state index contributed by atoms with van der Waals surface area (Å²) in [6.45, 7) is 1.08. The second-order valence-corrected chi connectivity index (χ2v) is 7.52. The predicted molar refractivity (Wildman–Crippen MR) is 84.2 cm³/mol. The van der Waals surface area contributed by atoms with Gasteiger partial charge in [0.1, 0.15) is 17.6 Å². The molecule has 134 valence electrons. The first-order chi connectivity index (χ1) is 11.8. The third kappa shape index (κ3) is 3.09. The van der Waals surface area contributed by atoms with Gasteiger partial charge in [-0.3, -0.25) is 14.5 Å². The zero-order valence-corrected chi connectivity index (χ0v) is 14.4. The first-order valence-corrected chi connectivity index (χ1v) is 8.92. The molecule has 0 aliphatic carbocycles. The molecule has 13 heteroatoms. The summed E-state index contributed by atoms with van der Waals surface area (Å²) in [6.07, 6.45) is -0.869. The van der Waals surface area contributed by atoms with Crippen LogP contribution >= 0.6 is 23.5 Å². The van der Waals surface area contributed by atoms with Gasteiger partial charge in [-0.05, 0) is 17.4 Å². The minimum Gasteiger partial charge on any atom is -0.480 e. The second kappa shape index (κ2) is 6.65. The van der Waals surface area contributed by atoms with Gasteiger partial charge in [0.2, 0.25) is 11.1 Å². The summed E-state index contributed by atoms with van der Waals surface area (Å²) in [7, 11) is 0. The maximum atomic E-state index is 12.1. The first-order valence-electron chi connectivity index (χ1n) is 7.06. The van der Waals surface area contributed by atoms with E-state index in [0.717, 1.165) is 16.4 Å². The zero-order valence-electron chi connectivity index (χ0n) is 12.8. The Morgan fingerprint density at radius 2 is 2.12 bits per heavy atom. The maximum Gasteiger partial charge on any atom is 0.353 e. The molecule has 25 heavy (non-hydrogen) atoms. The van der Waals surface area contributed by atoms with E-state index >= 15 is 0 Å². The van der Waals surface area contributed by atoms with E-state index in [2.05, 4.69) is 15.5 Å². The van der Waals surface area contributed by atoms with Crippen LogP contribution in [0.4, 0.5) is 0 Å². The lowest BCUT2D eigenvalue weighted by molar-refractivity contribution is -0.156. The molecule has 11 nitrogen and oxygen atoms in total. The summed E-state index contributed by atoms with van der Waals surface area (Å²) in [5, 5.41) is 38.4. The molecule has 0 bridgehead atoms. The van der Waals surface area contributed by atoms with Crippen LogP contribution in [-0.4, -0.2) is 75.5 Å². The average Bonchev–Trinajstić information content (AvgIpc) is 3.06. The molecule has 2 aliphatic heterocycles. The third-order valence-corrected chi connectivity index (χ3v) is 6.23. The summed E-state index contributed by atoms with van der Waals surface area (Å²) < 4.78 is 1.09. The van der Waals surface area contributed by atoms with Gasteiger partial charge < -0.3 is 15.3 Å². The standard InChI is InChI=1S/C12H13N5O6S2/c1-4(18)7-9(21)17-8(11(22)23)5(25-10(7)17)3-24-12-13-14-15-16(12)2-6(19)20/h4,7,10,18H,2-3H2,1H3,(H,19,20)(H,22,23)/t4?,7-,10+/m0/s1. The van der Waals surface area contributed by atoms with Gasteiger partial charge in [-0.2, -0.15) is 0 Å². The van der Waals surface area contributed by atoms with Crippen LogP contribution in [-0.2, 0) is 20.9 Å². The lowest BCUT2D eigenvalue weighted by atomic mass is 9.92. The lowest BCUT2D eigenvalue weighted by Crippen LogP contribution is -2.60. The molecule has 3 heterocycles. The monoisotopic (exact) mass is 387 g/mol. The number of aromatic nitrogens is 4. The Morgan fingerprint density at radius 3 is 2.72 bits per heavy atom. The number of rotatable bonds is 7. The summed E-state index contributed by atoms with van der Waals surface area (Å²) >= 11 is 2.29. The highest BCUT2D eigenvalue weighted by molar-refractivity contribution is 8.06. The van der Waals surface area contributed by atoms with E-state index in [0.29, 0.717) is 4.91 Å². The number of tetrazole rings is 1. The van der Waals surface area contributed by atoms with Gasteiger partial charge in [0.25, 0.3) is 0 Å². The van der Waals surface area contributed by atoms with Crippen molar-refractivity contribution in [3.8, 4) is 0 Å². The van der Waals surface area contributed by atoms with Crippen molar-refractivity contribution in [2.24, 2.45) is 5.92 Å². The smallest absolute Gasteiger partial charge is 0.353 e. The van der Waals surface area contributed by atoms with Gasteiger partial charge in [-0.25, -0.2) is 9.48 Å². The lowest BCUT2D eigenvalue weighted by Gasteiger charge is -2.43. The predicted octanol–water partition coefficient (Wildman–Crippen LogP) is -0.942. The minimum atomic E-state index is -1.23. The van der Waals surface area contributed by atoms with Crippen molar-refractivity contribution in [1.82, 2.24) is 25.1 Å². The van der Waals surface area contributed by atoms with Gasteiger partial charge in [0, 0.05) is 10.7 Å².